The van der Waals surface area contributed by atoms with Crippen LogP contribution in [-0.2, 0) is 4.74 Å². The number of hydrogen-bond acceptors (Lipinski definition) is 5. The SMILES string of the molecule is O=C(CN1CCOC1=O)c1ccc2c(c1)OCO2. The molecule has 2 heterocycles. The van der Waals surface area contributed by atoms with Gasteiger partial charge in [0.15, 0.2) is 17.3 Å². The highest BCUT2D eigenvalue weighted by molar-refractivity contribution is 5.99. The van der Waals surface area contributed by atoms with E-state index in [2.05, 4.69) is 0 Å². The Labute approximate surface area is 103 Å². The zero-order valence-corrected chi connectivity index (χ0v) is 9.55. The van der Waals surface area contributed by atoms with Crippen LogP contribution in [0.1, 0.15) is 10.4 Å². The van der Waals surface area contributed by atoms with Crippen molar-refractivity contribution >= 4 is 11.9 Å². The van der Waals surface area contributed by atoms with Crippen molar-refractivity contribution in [2.45, 2.75) is 0 Å². The van der Waals surface area contributed by atoms with Crippen molar-refractivity contribution in [2.24, 2.45) is 0 Å². The molecule has 0 spiro atoms. The van der Waals surface area contributed by atoms with Crippen LogP contribution in [0, 0.1) is 0 Å². The summed E-state index contributed by atoms with van der Waals surface area (Å²) in [4.78, 5) is 24.6. The maximum atomic E-state index is 12.0. The highest BCUT2D eigenvalue weighted by Gasteiger charge is 2.25. The molecule has 0 aliphatic carbocycles. The van der Waals surface area contributed by atoms with Crippen molar-refractivity contribution in [3.63, 3.8) is 0 Å². The second-order valence-corrected chi connectivity index (χ2v) is 4.03. The summed E-state index contributed by atoms with van der Waals surface area (Å²) in [5, 5.41) is 0. The minimum Gasteiger partial charge on any atom is -0.454 e. The van der Waals surface area contributed by atoms with Crippen LogP contribution in [-0.4, -0.2) is 43.3 Å². The van der Waals surface area contributed by atoms with Gasteiger partial charge in [-0.2, -0.15) is 0 Å². The third-order valence-corrected chi connectivity index (χ3v) is 2.87. The molecule has 6 nitrogen and oxygen atoms in total. The molecule has 2 aliphatic heterocycles. The summed E-state index contributed by atoms with van der Waals surface area (Å²) in [7, 11) is 0. The lowest BCUT2D eigenvalue weighted by Crippen LogP contribution is -2.30. The van der Waals surface area contributed by atoms with Crippen molar-refractivity contribution in [1.29, 1.82) is 0 Å². The van der Waals surface area contributed by atoms with Gasteiger partial charge in [-0.1, -0.05) is 0 Å². The van der Waals surface area contributed by atoms with E-state index in [1.54, 1.807) is 18.2 Å². The largest absolute Gasteiger partial charge is 0.454 e. The van der Waals surface area contributed by atoms with Gasteiger partial charge in [-0.25, -0.2) is 4.79 Å². The Bertz CT molecular complexity index is 513. The Morgan fingerprint density at radius 3 is 2.83 bits per heavy atom. The normalized spacial score (nSPS) is 16.9. The molecule has 0 unspecified atom stereocenters. The van der Waals surface area contributed by atoms with E-state index < -0.39 is 6.09 Å². The summed E-state index contributed by atoms with van der Waals surface area (Å²) in [6.45, 7) is 0.992. The predicted molar refractivity (Wildman–Crippen MR) is 59.8 cm³/mol. The summed E-state index contributed by atoms with van der Waals surface area (Å²) in [6.07, 6.45) is -0.441. The molecule has 1 amide bonds. The van der Waals surface area contributed by atoms with Crippen molar-refractivity contribution in [3.8, 4) is 11.5 Å². The number of ketones is 1. The fourth-order valence-corrected chi connectivity index (χ4v) is 1.90. The number of carbonyl (C=O) groups is 2. The number of fused-ring (bicyclic) bond motifs is 1. The molecule has 1 saturated heterocycles. The highest BCUT2D eigenvalue weighted by atomic mass is 16.7. The third kappa shape index (κ3) is 1.85. The van der Waals surface area contributed by atoms with E-state index in [-0.39, 0.29) is 19.1 Å². The average molecular weight is 249 g/mol. The first kappa shape index (κ1) is 10.9. The van der Waals surface area contributed by atoms with Crippen LogP contribution in [0.25, 0.3) is 0 Å². The third-order valence-electron chi connectivity index (χ3n) is 2.87. The van der Waals surface area contributed by atoms with Gasteiger partial charge in [0.05, 0.1) is 13.1 Å². The quantitative estimate of drug-likeness (QED) is 0.749. The summed E-state index contributed by atoms with van der Waals surface area (Å²) in [5.41, 5.74) is 0.499. The average Bonchev–Trinajstić information content (AvgIpc) is 2.98. The van der Waals surface area contributed by atoms with Crippen LogP contribution in [0.15, 0.2) is 18.2 Å². The second kappa shape index (κ2) is 4.21. The van der Waals surface area contributed by atoms with Crippen LogP contribution in [0.3, 0.4) is 0 Å². The fourth-order valence-electron chi connectivity index (χ4n) is 1.90. The molecular formula is C12H11NO5. The van der Waals surface area contributed by atoms with Crippen LogP contribution < -0.4 is 9.47 Å². The smallest absolute Gasteiger partial charge is 0.410 e. The molecule has 1 aromatic rings. The first-order valence-electron chi connectivity index (χ1n) is 5.58. The molecule has 0 atom stereocenters. The van der Waals surface area contributed by atoms with E-state index >= 15 is 0 Å². The Morgan fingerprint density at radius 2 is 2.06 bits per heavy atom. The Balaban J connectivity index is 1.74. The number of benzene rings is 1. The first-order valence-corrected chi connectivity index (χ1v) is 5.58. The molecule has 0 radical (unpaired) electrons. The lowest BCUT2D eigenvalue weighted by Gasteiger charge is -2.11. The Morgan fingerprint density at radius 1 is 1.22 bits per heavy atom. The van der Waals surface area contributed by atoms with Gasteiger partial charge in [0.25, 0.3) is 0 Å². The van der Waals surface area contributed by atoms with Crippen LogP contribution >= 0.6 is 0 Å². The van der Waals surface area contributed by atoms with Gasteiger partial charge in [0, 0.05) is 5.56 Å². The molecule has 0 bridgehead atoms. The number of amides is 1. The number of hydrogen-bond donors (Lipinski definition) is 0. The van der Waals surface area contributed by atoms with Crippen LogP contribution in [0.5, 0.6) is 11.5 Å². The Hall–Kier alpha value is -2.24. The van der Waals surface area contributed by atoms with Gasteiger partial charge in [0.1, 0.15) is 6.61 Å². The monoisotopic (exact) mass is 249 g/mol. The predicted octanol–water partition coefficient (Wildman–Crippen LogP) is 1.05. The highest BCUT2D eigenvalue weighted by Crippen LogP contribution is 2.32. The zero-order valence-electron chi connectivity index (χ0n) is 9.55. The summed E-state index contributed by atoms with van der Waals surface area (Å²) < 4.78 is 15.1. The van der Waals surface area contributed by atoms with Crippen molar-refractivity contribution in [2.75, 3.05) is 26.5 Å². The van der Waals surface area contributed by atoms with E-state index in [1.807, 2.05) is 0 Å². The molecule has 2 aliphatic rings. The van der Waals surface area contributed by atoms with Crippen LogP contribution in [0.2, 0.25) is 0 Å². The van der Waals surface area contributed by atoms with E-state index in [1.165, 1.54) is 4.90 Å². The van der Waals surface area contributed by atoms with Gasteiger partial charge >= 0.3 is 6.09 Å². The summed E-state index contributed by atoms with van der Waals surface area (Å²) in [5.74, 6) is 1.05. The summed E-state index contributed by atoms with van der Waals surface area (Å²) in [6, 6.07) is 4.99. The molecule has 1 fully saturated rings. The molecule has 0 saturated carbocycles. The molecular weight excluding hydrogens is 238 g/mol. The number of cyclic esters (lactones) is 1. The standard InChI is InChI=1S/C12H11NO5/c14-9(6-13-3-4-16-12(13)15)8-1-2-10-11(5-8)18-7-17-10/h1-2,5H,3-4,6-7H2. The molecule has 6 heteroatoms. The molecule has 0 aromatic heterocycles. The Kier molecular flexibility index (Phi) is 2.55. The molecule has 0 N–H and O–H groups in total. The molecule has 1 aromatic carbocycles. The minimum absolute atomic E-state index is 0.0263. The van der Waals surface area contributed by atoms with Gasteiger partial charge in [-0.3, -0.25) is 9.69 Å². The fraction of sp³-hybridized carbons (Fsp3) is 0.333. The lowest BCUT2D eigenvalue weighted by molar-refractivity contribution is 0.0943. The zero-order chi connectivity index (χ0) is 12.5. The molecule has 94 valence electrons. The van der Waals surface area contributed by atoms with Crippen LogP contribution in [0.4, 0.5) is 4.79 Å². The second-order valence-electron chi connectivity index (χ2n) is 4.03. The maximum Gasteiger partial charge on any atom is 0.410 e. The van der Waals surface area contributed by atoms with Crippen molar-refractivity contribution in [1.82, 2.24) is 4.90 Å². The van der Waals surface area contributed by atoms with Crippen molar-refractivity contribution < 1.29 is 23.8 Å². The van der Waals surface area contributed by atoms with E-state index in [4.69, 9.17) is 14.2 Å². The maximum absolute atomic E-state index is 12.0. The number of carbonyl (C=O) groups excluding carboxylic acids is 2. The molecule has 3 rings (SSSR count). The number of rotatable bonds is 3. The van der Waals surface area contributed by atoms with Gasteiger partial charge in [0.2, 0.25) is 6.79 Å². The lowest BCUT2D eigenvalue weighted by atomic mass is 10.1. The number of nitrogens with zero attached hydrogens (tertiary/aromatic N) is 1. The van der Waals surface area contributed by atoms with E-state index in [0.29, 0.717) is 30.2 Å². The van der Waals surface area contributed by atoms with Gasteiger partial charge in [-0.05, 0) is 18.2 Å². The van der Waals surface area contributed by atoms with Gasteiger partial charge < -0.3 is 14.2 Å². The van der Waals surface area contributed by atoms with E-state index in [9.17, 15) is 9.59 Å². The topological polar surface area (TPSA) is 65.1 Å². The van der Waals surface area contributed by atoms with Crippen molar-refractivity contribution in [3.05, 3.63) is 23.8 Å². The van der Waals surface area contributed by atoms with Gasteiger partial charge in [-0.15, -0.1) is 0 Å². The minimum atomic E-state index is -0.441. The molecule has 18 heavy (non-hydrogen) atoms. The first-order chi connectivity index (χ1) is 8.74. The number of ether oxygens (including phenoxy) is 3. The summed E-state index contributed by atoms with van der Waals surface area (Å²) >= 11 is 0. The van der Waals surface area contributed by atoms with E-state index in [0.717, 1.165) is 0 Å². The number of Topliss-reactive ketones (excluding diaryl/α,β-unsaturated/α-hetero) is 1.